The van der Waals surface area contributed by atoms with Crippen LogP contribution in [0.1, 0.15) is 101 Å². The Morgan fingerprint density at radius 3 is 1.96 bits per heavy atom. The summed E-state index contributed by atoms with van der Waals surface area (Å²) in [6.07, 6.45) is 6.82. The third kappa shape index (κ3) is 16.4. The number of imidazole rings is 2. The number of carbonyl (C=O) groups excluding carboxylic acids is 4. The fourth-order valence-electron chi connectivity index (χ4n) is 4.29. The summed E-state index contributed by atoms with van der Waals surface area (Å²) in [6, 6.07) is 7.40. The number of amides is 3. The molecule has 0 radical (unpaired) electrons. The van der Waals surface area contributed by atoms with Crippen molar-refractivity contribution in [1.29, 1.82) is 0 Å². The molecule has 1 unspecified atom stereocenters. The number of hydrogen-bond donors (Lipinski definition) is 4. The molecule has 0 spiro atoms. The molecule has 0 aliphatic carbocycles. The number of alkyl carbamates (subject to hydrolysis) is 1. The van der Waals surface area contributed by atoms with Gasteiger partial charge in [0.1, 0.15) is 29.6 Å². The molecule has 1 aliphatic heterocycles. The highest BCUT2D eigenvalue weighted by Crippen LogP contribution is 2.31. The minimum atomic E-state index is -0.646. The van der Waals surface area contributed by atoms with Crippen molar-refractivity contribution in [1.82, 2.24) is 40.4 Å². The molecular formula is C38H54N8O6. The van der Waals surface area contributed by atoms with E-state index in [2.05, 4.69) is 91.4 Å². The molecule has 0 bridgehead atoms. The number of H-pyrrole nitrogens is 2. The molecule has 1 fully saturated rings. The number of hydrogen-bond acceptors (Lipinski definition) is 9. The molecule has 282 valence electrons. The summed E-state index contributed by atoms with van der Waals surface area (Å²) in [5.74, 6) is 13.6. The Morgan fingerprint density at radius 1 is 0.923 bits per heavy atom. The van der Waals surface area contributed by atoms with Gasteiger partial charge in [-0.2, -0.15) is 0 Å². The summed E-state index contributed by atoms with van der Waals surface area (Å²) in [7, 11) is 4.31. The molecule has 4 rings (SSSR count). The minimum absolute atomic E-state index is 0.0304. The fourth-order valence-corrected chi connectivity index (χ4v) is 4.29. The molecule has 1 aromatic carbocycles. The third-order valence-electron chi connectivity index (χ3n) is 6.63. The van der Waals surface area contributed by atoms with Crippen LogP contribution < -0.4 is 10.6 Å². The number of aromatic amines is 2. The number of likely N-dealkylation sites (N-methyl/N-ethyl adjacent to an activating group) is 1. The number of rotatable bonds is 10. The van der Waals surface area contributed by atoms with Crippen molar-refractivity contribution in [2.24, 2.45) is 0 Å². The normalized spacial score (nSPS) is 12.1. The number of methoxy groups -OCH3 is 2. The quantitative estimate of drug-likeness (QED) is 0.177. The van der Waals surface area contributed by atoms with Gasteiger partial charge in [0.15, 0.2) is 0 Å². The van der Waals surface area contributed by atoms with Crippen LogP contribution in [-0.2, 0) is 30.4 Å². The Hall–Kier alpha value is -5.60. The Kier molecular flexibility index (Phi) is 22.4. The summed E-state index contributed by atoms with van der Waals surface area (Å²) in [5, 5.41) is 5.30. The first-order valence-corrected chi connectivity index (χ1v) is 17.4. The van der Waals surface area contributed by atoms with Gasteiger partial charge in [0.05, 0.1) is 45.7 Å². The van der Waals surface area contributed by atoms with Crippen molar-refractivity contribution in [2.75, 3.05) is 47.4 Å². The zero-order valence-electron chi connectivity index (χ0n) is 31.7. The van der Waals surface area contributed by atoms with Gasteiger partial charge in [-0.15, -0.1) is 0 Å². The van der Waals surface area contributed by atoms with Crippen LogP contribution in [0.5, 0.6) is 0 Å². The summed E-state index contributed by atoms with van der Waals surface area (Å²) >= 11 is 0. The van der Waals surface area contributed by atoms with Crippen LogP contribution in [-0.4, -0.2) is 102 Å². The van der Waals surface area contributed by atoms with E-state index in [1.54, 1.807) is 29.2 Å². The highest BCUT2D eigenvalue weighted by Gasteiger charge is 2.35. The SMILES string of the molecule is CCC.CCC.CCCN(Cc1ncc(C#Cc2ccc(C#Cc3cnc(C4CCN4C(=O)CNC(=O)OC)[nH]3)cc2)[nH]1)C(=O)CNC.COC=O. The molecule has 1 aliphatic rings. The van der Waals surface area contributed by atoms with E-state index in [9.17, 15) is 14.4 Å². The highest BCUT2D eigenvalue weighted by molar-refractivity contribution is 5.83. The molecule has 4 N–H and O–H groups in total. The standard InChI is InChI=1S/C30H34N8O4.2C3H8.C2H4O2/c1-4-14-37(27(39)18-31-2)20-26-32-16-23(35-26)11-9-21-5-7-22(8-6-21)10-12-24-17-33-29(36-24)25-13-15-38(25)28(40)19-34-30(41)42-3;2*1-3-2;1-4-2-3/h5-8,16-17,25,31H,4,13-15,18-20H2,1-3H3,(H,32,35)(H,33,36)(H,34,41);2*3H2,1-2H3;2H,1H3. The summed E-state index contributed by atoms with van der Waals surface area (Å²) in [5.41, 5.74) is 2.96. The van der Waals surface area contributed by atoms with E-state index < -0.39 is 6.09 Å². The Morgan fingerprint density at radius 2 is 1.48 bits per heavy atom. The van der Waals surface area contributed by atoms with Gasteiger partial charge >= 0.3 is 6.09 Å². The average molecular weight is 719 g/mol. The first-order chi connectivity index (χ1) is 25.1. The van der Waals surface area contributed by atoms with Crippen molar-refractivity contribution >= 4 is 24.4 Å². The van der Waals surface area contributed by atoms with Crippen molar-refractivity contribution < 1.29 is 28.7 Å². The Bertz CT molecular complexity index is 1630. The predicted molar refractivity (Wildman–Crippen MR) is 200 cm³/mol. The second-order valence-electron chi connectivity index (χ2n) is 11.3. The van der Waals surface area contributed by atoms with E-state index in [0.29, 0.717) is 49.1 Å². The zero-order valence-corrected chi connectivity index (χ0v) is 31.7. The number of nitrogens with one attached hydrogen (secondary N) is 4. The molecule has 1 atom stereocenters. The smallest absolute Gasteiger partial charge is 0.407 e. The number of benzene rings is 1. The van der Waals surface area contributed by atoms with Gasteiger partial charge in [0.2, 0.25) is 11.8 Å². The van der Waals surface area contributed by atoms with E-state index in [4.69, 9.17) is 4.79 Å². The molecule has 0 saturated carbocycles. The number of ether oxygens (including phenoxy) is 2. The lowest BCUT2D eigenvalue weighted by molar-refractivity contribution is -0.138. The van der Waals surface area contributed by atoms with Gasteiger partial charge < -0.3 is 39.9 Å². The maximum Gasteiger partial charge on any atom is 0.407 e. The largest absolute Gasteiger partial charge is 0.471 e. The molecule has 3 heterocycles. The van der Waals surface area contributed by atoms with Crippen molar-refractivity contribution in [3.63, 3.8) is 0 Å². The number of likely N-dealkylation sites (tertiary alicyclic amines) is 1. The summed E-state index contributed by atoms with van der Waals surface area (Å²) < 4.78 is 8.36. The lowest BCUT2D eigenvalue weighted by Gasteiger charge is -2.39. The van der Waals surface area contributed by atoms with Crippen LogP contribution in [0.4, 0.5) is 4.79 Å². The third-order valence-corrected chi connectivity index (χ3v) is 6.63. The fraction of sp³-hybridized carbons (Fsp3) is 0.474. The lowest BCUT2D eigenvalue weighted by Crippen LogP contribution is -2.49. The molecule has 3 amide bonds. The molecule has 52 heavy (non-hydrogen) atoms. The van der Waals surface area contributed by atoms with E-state index in [1.807, 2.05) is 31.2 Å². The van der Waals surface area contributed by atoms with Crippen LogP contribution in [0.2, 0.25) is 0 Å². The van der Waals surface area contributed by atoms with Crippen LogP contribution in [0.25, 0.3) is 0 Å². The van der Waals surface area contributed by atoms with Crippen molar-refractivity contribution in [2.45, 2.75) is 72.9 Å². The second-order valence-corrected chi connectivity index (χ2v) is 11.3. The van der Waals surface area contributed by atoms with Crippen molar-refractivity contribution in [3.8, 4) is 23.7 Å². The highest BCUT2D eigenvalue weighted by atomic mass is 16.5. The maximum absolute atomic E-state index is 12.4. The average Bonchev–Trinajstić information content (AvgIpc) is 3.79. The second kappa shape index (κ2) is 26.2. The van der Waals surface area contributed by atoms with E-state index in [-0.39, 0.29) is 30.9 Å². The maximum atomic E-state index is 12.4. The number of nitrogens with zero attached hydrogens (tertiary/aromatic N) is 4. The van der Waals surface area contributed by atoms with Crippen LogP contribution in [0, 0.1) is 23.7 Å². The predicted octanol–water partition coefficient (Wildman–Crippen LogP) is 4.14. The monoisotopic (exact) mass is 718 g/mol. The minimum Gasteiger partial charge on any atom is -0.471 e. The molecule has 3 aromatic rings. The van der Waals surface area contributed by atoms with E-state index in [1.165, 1.54) is 27.1 Å². The molecule has 1 saturated heterocycles. The van der Waals surface area contributed by atoms with Crippen LogP contribution in [0.3, 0.4) is 0 Å². The molecule has 14 heteroatoms. The number of carbonyl (C=O) groups is 4. The Balaban J connectivity index is 0.00000121. The first-order valence-electron chi connectivity index (χ1n) is 17.4. The zero-order chi connectivity index (χ0) is 38.7. The van der Waals surface area contributed by atoms with E-state index in [0.717, 1.165) is 24.0 Å². The Labute approximate surface area is 307 Å². The van der Waals surface area contributed by atoms with Gasteiger partial charge in [-0.3, -0.25) is 14.4 Å². The topological polar surface area (TPSA) is 175 Å². The summed E-state index contributed by atoms with van der Waals surface area (Å²) in [4.78, 5) is 63.4. The molecule has 2 aromatic heterocycles. The van der Waals surface area contributed by atoms with Gasteiger partial charge in [-0.05, 0) is 56.0 Å². The van der Waals surface area contributed by atoms with Gasteiger partial charge in [0.25, 0.3) is 6.47 Å². The van der Waals surface area contributed by atoms with Crippen LogP contribution >= 0.6 is 0 Å². The lowest BCUT2D eigenvalue weighted by atomic mass is 10.0. The molecule has 14 nitrogen and oxygen atoms in total. The van der Waals surface area contributed by atoms with Gasteiger partial charge in [-0.25, -0.2) is 14.8 Å². The van der Waals surface area contributed by atoms with Crippen LogP contribution in [0.15, 0.2) is 36.7 Å². The van der Waals surface area contributed by atoms with Gasteiger partial charge in [0, 0.05) is 24.2 Å². The van der Waals surface area contributed by atoms with Gasteiger partial charge in [-0.1, -0.05) is 59.3 Å². The first kappa shape index (κ1) is 44.4. The summed E-state index contributed by atoms with van der Waals surface area (Å²) in [6.45, 7) is 12.7. The number of aromatic nitrogens is 4. The van der Waals surface area contributed by atoms with E-state index >= 15 is 0 Å². The molecular weight excluding hydrogens is 664 g/mol. The van der Waals surface area contributed by atoms with Crippen molar-refractivity contribution in [3.05, 3.63) is 70.8 Å².